The third-order valence-electron chi connectivity index (χ3n) is 3.04. The van der Waals surface area contributed by atoms with E-state index in [0.717, 1.165) is 6.07 Å². The van der Waals surface area contributed by atoms with Crippen LogP contribution in [0.15, 0.2) is 39.9 Å². The summed E-state index contributed by atoms with van der Waals surface area (Å²) in [5.41, 5.74) is 3.00. The number of methoxy groups -OCH3 is 2. The van der Waals surface area contributed by atoms with E-state index in [1.165, 1.54) is 32.6 Å². The highest BCUT2D eigenvalue weighted by Gasteiger charge is 2.09. The molecule has 0 bridgehead atoms. The topological polar surface area (TPSA) is 100 Å². The number of ether oxygens (including phenoxy) is 2. The van der Waals surface area contributed by atoms with Crippen LogP contribution in [0.25, 0.3) is 0 Å². The van der Waals surface area contributed by atoms with Gasteiger partial charge in [0.1, 0.15) is 23.0 Å². The maximum Gasteiger partial charge on any atom is 0.271 e. The van der Waals surface area contributed by atoms with Crippen molar-refractivity contribution in [3.05, 3.63) is 45.9 Å². The second-order valence-corrected chi connectivity index (χ2v) is 5.52. The van der Waals surface area contributed by atoms with Crippen molar-refractivity contribution in [2.75, 3.05) is 14.2 Å². The lowest BCUT2D eigenvalue weighted by atomic mass is 10.2. The third-order valence-corrected chi connectivity index (χ3v) is 3.66. The van der Waals surface area contributed by atoms with Gasteiger partial charge in [-0.25, -0.2) is 5.43 Å². The zero-order chi connectivity index (χ0) is 17.7. The first-order chi connectivity index (χ1) is 11.4. The molecule has 0 spiro atoms. The average molecular weight is 395 g/mol. The molecule has 0 heterocycles. The second kappa shape index (κ2) is 7.69. The highest BCUT2D eigenvalue weighted by molar-refractivity contribution is 9.10. The van der Waals surface area contributed by atoms with Gasteiger partial charge >= 0.3 is 0 Å². The quantitative estimate of drug-likeness (QED) is 0.534. The summed E-state index contributed by atoms with van der Waals surface area (Å²) in [6.45, 7) is 0. The fourth-order valence-corrected chi connectivity index (χ4v) is 2.46. The first-order valence-electron chi connectivity index (χ1n) is 6.72. The van der Waals surface area contributed by atoms with Gasteiger partial charge in [-0.15, -0.1) is 0 Å². The molecule has 0 aliphatic rings. The Morgan fingerprint density at radius 1 is 1.08 bits per heavy atom. The first-order valence-corrected chi connectivity index (χ1v) is 7.52. The van der Waals surface area contributed by atoms with E-state index in [4.69, 9.17) is 9.47 Å². The monoisotopic (exact) mass is 394 g/mol. The van der Waals surface area contributed by atoms with Crippen molar-refractivity contribution in [3.63, 3.8) is 0 Å². The Kier molecular flexibility index (Phi) is 5.64. The lowest BCUT2D eigenvalue weighted by Crippen LogP contribution is -2.17. The lowest BCUT2D eigenvalue weighted by molar-refractivity contribution is 0.0954. The minimum atomic E-state index is -0.580. The highest BCUT2D eigenvalue weighted by atomic mass is 79.9. The first kappa shape index (κ1) is 17.6. The minimum absolute atomic E-state index is 0.0764. The second-order valence-electron chi connectivity index (χ2n) is 4.67. The summed E-state index contributed by atoms with van der Waals surface area (Å²) in [6, 6.07) is 6.97. The molecule has 0 saturated carbocycles. The van der Waals surface area contributed by atoms with Crippen LogP contribution in [0.2, 0.25) is 0 Å². The summed E-state index contributed by atoms with van der Waals surface area (Å²) in [5, 5.41) is 22.6. The number of hydrazone groups is 1. The van der Waals surface area contributed by atoms with Crippen molar-refractivity contribution in [3.8, 4) is 23.0 Å². The number of carbonyl (C=O) groups excluding carboxylic acids is 1. The van der Waals surface area contributed by atoms with Gasteiger partial charge in [-0.2, -0.15) is 5.10 Å². The number of hydrogen-bond donors (Lipinski definition) is 3. The number of aromatic hydroxyl groups is 2. The Morgan fingerprint density at radius 2 is 1.71 bits per heavy atom. The van der Waals surface area contributed by atoms with E-state index in [0.29, 0.717) is 21.5 Å². The molecule has 3 N–H and O–H groups in total. The van der Waals surface area contributed by atoms with E-state index >= 15 is 0 Å². The van der Waals surface area contributed by atoms with Crippen molar-refractivity contribution >= 4 is 28.1 Å². The van der Waals surface area contributed by atoms with Gasteiger partial charge in [0.05, 0.1) is 24.9 Å². The smallest absolute Gasteiger partial charge is 0.271 e. The average Bonchev–Trinajstić information content (AvgIpc) is 2.54. The van der Waals surface area contributed by atoms with Crippen molar-refractivity contribution < 1.29 is 24.5 Å². The number of phenolic OH excluding ortho intramolecular Hbond substituents is 2. The Bertz CT molecular complexity index is 772. The summed E-state index contributed by atoms with van der Waals surface area (Å²) in [7, 11) is 3.05. The van der Waals surface area contributed by atoms with E-state index < -0.39 is 5.91 Å². The summed E-state index contributed by atoms with van der Waals surface area (Å²) >= 11 is 3.36. The van der Waals surface area contributed by atoms with Crippen molar-refractivity contribution in [1.82, 2.24) is 5.43 Å². The fourth-order valence-electron chi connectivity index (χ4n) is 1.94. The van der Waals surface area contributed by atoms with Crippen LogP contribution in [-0.2, 0) is 0 Å². The van der Waals surface area contributed by atoms with Gasteiger partial charge in [0, 0.05) is 23.3 Å². The molecule has 126 valence electrons. The molecule has 7 nitrogen and oxygen atoms in total. The van der Waals surface area contributed by atoms with E-state index in [9.17, 15) is 15.0 Å². The Morgan fingerprint density at radius 3 is 2.29 bits per heavy atom. The van der Waals surface area contributed by atoms with Crippen LogP contribution in [0.5, 0.6) is 23.0 Å². The highest BCUT2D eigenvalue weighted by Crippen LogP contribution is 2.31. The molecule has 0 fully saturated rings. The summed E-state index contributed by atoms with van der Waals surface area (Å²) in [4.78, 5) is 12.0. The number of rotatable bonds is 5. The fraction of sp³-hybridized carbons (Fsp3) is 0.125. The molecule has 0 unspecified atom stereocenters. The predicted molar refractivity (Wildman–Crippen MR) is 92.1 cm³/mol. The zero-order valence-corrected chi connectivity index (χ0v) is 14.5. The molecular formula is C16H15BrN2O5. The molecule has 8 heteroatoms. The Hall–Kier alpha value is -2.74. The third kappa shape index (κ3) is 4.17. The molecule has 0 aromatic heterocycles. The van der Waals surface area contributed by atoms with Crippen LogP contribution in [-0.4, -0.2) is 36.6 Å². The van der Waals surface area contributed by atoms with Gasteiger partial charge in [-0.05, 0) is 34.1 Å². The van der Waals surface area contributed by atoms with Gasteiger partial charge < -0.3 is 19.7 Å². The molecule has 0 atom stereocenters. The molecule has 2 aromatic carbocycles. The standard InChI is InChI=1S/C16H15BrN2O5/c1-23-14-7-15(24-2)13(17)5-10(14)8-18-19-16(22)9-3-11(20)6-12(21)4-9/h3-8,20-21H,1-2H3,(H,19,22). The van der Waals surface area contributed by atoms with Crippen molar-refractivity contribution in [2.45, 2.75) is 0 Å². The zero-order valence-electron chi connectivity index (χ0n) is 12.9. The van der Waals surface area contributed by atoms with Gasteiger partial charge in [0.15, 0.2) is 0 Å². The molecule has 24 heavy (non-hydrogen) atoms. The van der Waals surface area contributed by atoms with Crippen LogP contribution in [0.4, 0.5) is 0 Å². The molecule has 2 aromatic rings. The number of halogens is 1. The van der Waals surface area contributed by atoms with E-state index in [-0.39, 0.29) is 17.1 Å². The maximum absolute atomic E-state index is 12.0. The molecule has 0 aliphatic heterocycles. The summed E-state index contributed by atoms with van der Waals surface area (Å²) < 4.78 is 11.1. The normalized spacial score (nSPS) is 10.6. The molecule has 2 rings (SSSR count). The molecule has 0 radical (unpaired) electrons. The number of phenols is 2. The largest absolute Gasteiger partial charge is 0.508 e. The van der Waals surface area contributed by atoms with Gasteiger partial charge in [-0.3, -0.25) is 4.79 Å². The van der Waals surface area contributed by atoms with Crippen LogP contribution in [0, 0.1) is 0 Å². The maximum atomic E-state index is 12.0. The number of benzene rings is 2. The Labute approximate surface area is 146 Å². The van der Waals surface area contributed by atoms with E-state index in [1.54, 1.807) is 12.1 Å². The molecule has 1 amide bonds. The molecule has 0 saturated heterocycles. The van der Waals surface area contributed by atoms with Crippen LogP contribution >= 0.6 is 15.9 Å². The predicted octanol–water partition coefficient (Wildman–Crippen LogP) is 2.64. The van der Waals surface area contributed by atoms with Crippen LogP contribution in [0.1, 0.15) is 15.9 Å². The van der Waals surface area contributed by atoms with Gasteiger partial charge in [0.2, 0.25) is 0 Å². The lowest BCUT2D eigenvalue weighted by Gasteiger charge is -2.09. The number of nitrogens with zero attached hydrogens (tertiary/aromatic N) is 1. The summed E-state index contributed by atoms with van der Waals surface area (Å²) in [6.07, 6.45) is 1.41. The van der Waals surface area contributed by atoms with E-state index in [1.807, 2.05) is 0 Å². The van der Waals surface area contributed by atoms with Crippen molar-refractivity contribution in [1.29, 1.82) is 0 Å². The van der Waals surface area contributed by atoms with Gasteiger partial charge in [-0.1, -0.05) is 0 Å². The van der Waals surface area contributed by atoms with E-state index in [2.05, 4.69) is 26.5 Å². The number of nitrogens with one attached hydrogen (secondary N) is 1. The number of amides is 1. The Balaban J connectivity index is 2.16. The van der Waals surface area contributed by atoms with Gasteiger partial charge in [0.25, 0.3) is 5.91 Å². The number of carbonyl (C=O) groups is 1. The molecule has 0 aliphatic carbocycles. The van der Waals surface area contributed by atoms with Crippen LogP contribution < -0.4 is 14.9 Å². The number of hydrogen-bond acceptors (Lipinski definition) is 6. The minimum Gasteiger partial charge on any atom is -0.508 e. The van der Waals surface area contributed by atoms with Crippen LogP contribution in [0.3, 0.4) is 0 Å². The summed E-state index contributed by atoms with van der Waals surface area (Å²) in [5.74, 6) is 0.102. The SMILES string of the molecule is COc1cc(OC)c(C=NNC(=O)c2cc(O)cc(O)c2)cc1Br. The molecular weight excluding hydrogens is 380 g/mol. The van der Waals surface area contributed by atoms with Crippen molar-refractivity contribution in [2.24, 2.45) is 5.10 Å².